The molecule has 12 atom stereocenters. The van der Waals surface area contributed by atoms with Gasteiger partial charge in [0.15, 0.2) is 5.96 Å². The largest absolute Gasteiger partial charge is 0.508 e. The molecule has 0 radical (unpaired) electrons. The summed E-state index contributed by atoms with van der Waals surface area (Å²) in [4.78, 5) is 211. The number of nitrogens with zero attached hydrogens (tertiary/aromatic N) is 2. The number of hydrogen-bond donors (Lipinski definition) is 19. The van der Waals surface area contributed by atoms with Crippen molar-refractivity contribution in [2.75, 3.05) is 37.7 Å². The van der Waals surface area contributed by atoms with E-state index in [4.69, 9.17) is 34.4 Å². The van der Waals surface area contributed by atoms with Gasteiger partial charge < -0.3 is 108 Å². The molecule has 0 saturated carbocycles. The molecule has 1 aromatic carbocycles. The number of carbonyl (C=O) groups is 15. The highest BCUT2D eigenvalue weighted by atomic mass is 32.2. The van der Waals surface area contributed by atoms with E-state index in [0.29, 0.717) is 12.0 Å². The molecule has 2 fully saturated rings. The van der Waals surface area contributed by atoms with E-state index in [0.717, 1.165) is 18.7 Å². The van der Waals surface area contributed by atoms with Crippen LogP contribution in [0.25, 0.3) is 0 Å². The van der Waals surface area contributed by atoms with Gasteiger partial charge in [0.05, 0.1) is 24.8 Å². The number of carbonyl (C=O) groups excluding carboxylic acids is 15. The number of hydrogen-bond acceptors (Lipinski definition) is 20. The number of primary amides is 3. The van der Waals surface area contributed by atoms with Crippen molar-refractivity contribution in [1.82, 2.24) is 63.4 Å². The average Bonchev–Trinajstić information content (AvgIpc) is 1.60. The molecule has 98 heavy (non-hydrogen) atoms. The van der Waals surface area contributed by atoms with Gasteiger partial charge >= 0.3 is 0 Å². The molecule has 2 saturated heterocycles. The number of aromatic hydroxyl groups is 1. The first-order valence-corrected chi connectivity index (χ1v) is 33.5. The highest BCUT2D eigenvalue weighted by Crippen LogP contribution is 2.22. The molecule has 25 N–H and O–H groups in total. The molecular formula is C61H99N19O17S. The number of aliphatic imine (C=N–C) groups is 1. The normalized spacial score (nSPS) is 25.3. The van der Waals surface area contributed by atoms with E-state index in [1.165, 1.54) is 36.1 Å². The summed E-state index contributed by atoms with van der Waals surface area (Å²) in [6.07, 6.45) is -3.02. The fraction of sp³-hybridized carbons (Fsp3) is 0.639. The first-order chi connectivity index (χ1) is 46.1. The molecule has 2 aliphatic rings. The summed E-state index contributed by atoms with van der Waals surface area (Å²) in [6.45, 7) is 8.66. The third-order valence-electron chi connectivity index (χ3n) is 15.5. The first kappa shape index (κ1) is 82.8. The van der Waals surface area contributed by atoms with Crippen LogP contribution in [0.1, 0.15) is 124 Å². The van der Waals surface area contributed by atoms with Gasteiger partial charge in [-0.3, -0.25) is 76.9 Å². The predicted octanol–water partition coefficient (Wildman–Crippen LogP) is -7.06. The van der Waals surface area contributed by atoms with Crippen molar-refractivity contribution in [3.63, 3.8) is 0 Å². The van der Waals surface area contributed by atoms with Gasteiger partial charge in [-0.2, -0.15) is 0 Å². The third-order valence-corrected chi connectivity index (χ3v) is 16.5. The number of aliphatic hydroxyl groups is 1. The van der Waals surface area contributed by atoms with E-state index in [2.05, 4.69) is 63.5 Å². The van der Waals surface area contributed by atoms with Crippen molar-refractivity contribution in [2.24, 2.45) is 51.2 Å². The van der Waals surface area contributed by atoms with Crippen LogP contribution in [0.4, 0.5) is 0 Å². The monoisotopic (exact) mass is 1400 g/mol. The Hall–Kier alpha value is -9.39. The lowest BCUT2D eigenvalue weighted by Crippen LogP contribution is -2.62. The zero-order valence-corrected chi connectivity index (χ0v) is 56.9. The van der Waals surface area contributed by atoms with Gasteiger partial charge in [-0.1, -0.05) is 39.8 Å². The van der Waals surface area contributed by atoms with Gasteiger partial charge in [0.25, 0.3) is 0 Å². The van der Waals surface area contributed by atoms with Crippen LogP contribution in [0.15, 0.2) is 29.3 Å². The molecule has 0 aromatic heterocycles. The lowest BCUT2D eigenvalue weighted by Gasteiger charge is -2.32. The first-order valence-electron chi connectivity index (χ1n) is 32.4. The Morgan fingerprint density at radius 1 is 0.592 bits per heavy atom. The summed E-state index contributed by atoms with van der Waals surface area (Å²) in [5.41, 5.74) is 33.9. The zero-order valence-electron chi connectivity index (χ0n) is 56.1. The predicted molar refractivity (Wildman–Crippen MR) is 357 cm³/mol. The number of guanidine groups is 1. The summed E-state index contributed by atoms with van der Waals surface area (Å²) >= 11 is 0.807. The molecule has 0 bridgehead atoms. The molecule has 36 nitrogen and oxygen atoms in total. The second kappa shape index (κ2) is 41.7. The van der Waals surface area contributed by atoms with Gasteiger partial charge in [-0.25, -0.2) is 0 Å². The Labute approximate surface area is 571 Å². The molecule has 37 heteroatoms. The molecule has 0 spiro atoms. The van der Waals surface area contributed by atoms with Crippen molar-refractivity contribution < 1.29 is 82.1 Å². The number of rotatable bonds is 21. The highest BCUT2D eigenvalue weighted by Gasteiger charge is 2.42. The smallest absolute Gasteiger partial charge is 0.245 e. The second-order valence-corrected chi connectivity index (χ2v) is 26.0. The van der Waals surface area contributed by atoms with Gasteiger partial charge in [0.2, 0.25) is 88.6 Å². The topological polar surface area (TPSA) is 601 Å². The van der Waals surface area contributed by atoms with Gasteiger partial charge in [0.1, 0.15) is 72.2 Å². The maximum Gasteiger partial charge on any atom is 0.245 e. The quantitative estimate of drug-likeness (QED) is 0.0309. The summed E-state index contributed by atoms with van der Waals surface area (Å²) in [5, 5.41) is 48.3. The lowest BCUT2D eigenvalue weighted by molar-refractivity contribution is -0.143. The van der Waals surface area contributed by atoms with Crippen LogP contribution >= 0.6 is 11.8 Å². The Bertz CT molecular complexity index is 3010. The second-order valence-electron chi connectivity index (χ2n) is 24.9. The molecule has 3 rings (SSSR count). The fourth-order valence-corrected chi connectivity index (χ4v) is 11.3. The van der Waals surface area contributed by atoms with E-state index in [1.807, 2.05) is 0 Å². The number of amides is 15. The van der Waals surface area contributed by atoms with Crippen molar-refractivity contribution in [2.45, 2.75) is 198 Å². The van der Waals surface area contributed by atoms with Crippen molar-refractivity contribution in [3.8, 4) is 5.75 Å². The Balaban J connectivity index is 2.18. The minimum absolute atomic E-state index is 0.00686. The summed E-state index contributed by atoms with van der Waals surface area (Å²) in [6, 6.07) is -11.0. The van der Waals surface area contributed by atoms with Crippen LogP contribution < -0.4 is 92.9 Å². The molecule has 2 heterocycles. The van der Waals surface area contributed by atoms with Crippen LogP contribution in [0.2, 0.25) is 0 Å². The number of unbranched alkanes of at least 4 members (excludes halogenated alkanes) is 1. The molecular weight excluding hydrogens is 1300 g/mol. The maximum atomic E-state index is 14.8. The number of fused-ring (bicyclic) bond motifs is 1. The lowest BCUT2D eigenvalue weighted by atomic mass is 9.99. The molecule has 1 aromatic rings. The van der Waals surface area contributed by atoms with Crippen molar-refractivity contribution in [3.05, 3.63) is 29.8 Å². The number of nitrogens with one attached hydrogen (secondary N) is 11. The molecule has 15 amide bonds. The minimum atomic E-state index is -1.92. The minimum Gasteiger partial charge on any atom is -0.508 e. The van der Waals surface area contributed by atoms with E-state index < -0.39 is 193 Å². The van der Waals surface area contributed by atoms with Gasteiger partial charge in [-0.15, -0.1) is 11.8 Å². The SMILES string of the molecule is CC(C)C[C@@H]1NC(=O)[C@H](Cc2ccc(O)cc2)NC(=O)CSC[C@@H](C(N)=O)NC(=O)[C@H](C)NC(=O)CNC(=O)[C@H](CCC(N)=O)NC(=O)[C@H](CC(N)=O)NC(=O)[C@H]([C@@H](C)O)NC(=O)[C@@H]2CCCN2C(=O)[C@H](CCCCN)NC(=O)[C@H](CC(C)C)NC(=O)[C@H](CCCN=C(N)N)NC1=O. The summed E-state index contributed by atoms with van der Waals surface area (Å²) < 4.78 is 0. The number of phenolic OH excluding ortho intramolecular Hbond substituents is 1. The van der Waals surface area contributed by atoms with Gasteiger partial charge in [-0.05, 0) is 114 Å². The van der Waals surface area contributed by atoms with E-state index in [-0.39, 0.29) is 107 Å². The molecule has 0 aliphatic carbocycles. The van der Waals surface area contributed by atoms with Crippen LogP contribution in [0, 0.1) is 11.8 Å². The molecule has 546 valence electrons. The van der Waals surface area contributed by atoms with Crippen LogP contribution in [0.3, 0.4) is 0 Å². The van der Waals surface area contributed by atoms with Crippen LogP contribution in [0.5, 0.6) is 5.75 Å². The summed E-state index contributed by atoms with van der Waals surface area (Å²) in [7, 11) is 0. The van der Waals surface area contributed by atoms with Gasteiger partial charge in [0, 0.05) is 31.7 Å². The van der Waals surface area contributed by atoms with E-state index in [9.17, 15) is 82.1 Å². The number of nitrogens with two attached hydrogens (primary N) is 6. The zero-order chi connectivity index (χ0) is 73.5. The number of benzene rings is 1. The third kappa shape index (κ3) is 29.5. The number of aliphatic hydroxyl groups excluding tert-OH is 1. The standard InChI is InChI=1S/C61H99N19O17S/c1-30(2)23-39-54(91)72-36(12-9-21-68-61(66)67)53(90)75-40(24-31(3)4)55(92)74-38(11-7-8-20-62)60(97)80-22-10-13-44(80)58(95)79-49(33(6)81)59(96)77-42(26-46(64)84)57(94)73-37(18-19-45(63)83)52(89)69-27-47(85)70-32(5)51(88)78-43(50(65)87)28-98-29-48(86)71-41(56(93)76-39)25-34-14-16-35(82)17-15-34/h14-17,30-33,36-44,49,81-82H,7-13,18-29,62H2,1-6H3,(H2,63,83)(H2,64,84)(H2,65,87)(H,69,89)(H,70,85)(H,71,86)(H,72,91)(H,73,94)(H,74,92)(H,75,90)(H,76,93)(H,77,96)(H,78,88)(H,79,95)(H4,66,67,68)/t32-,33+,36-,37-,38-,39-,40-,41-,42-,43-,44-,49-/m0/s1. The van der Waals surface area contributed by atoms with Crippen molar-refractivity contribution >= 4 is 106 Å². The number of phenols is 1. The van der Waals surface area contributed by atoms with Crippen LogP contribution in [-0.4, -0.2) is 220 Å². The number of thioether (sulfide) groups is 1. The fourth-order valence-electron chi connectivity index (χ4n) is 10.4. The van der Waals surface area contributed by atoms with E-state index >= 15 is 0 Å². The summed E-state index contributed by atoms with van der Waals surface area (Å²) in [5.74, 6) is -16.3. The average molecular weight is 1400 g/mol. The molecule has 0 unspecified atom stereocenters. The molecule has 2 aliphatic heterocycles. The maximum absolute atomic E-state index is 14.8. The highest BCUT2D eigenvalue weighted by molar-refractivity contribution is 8.00. The Morgan fingerprint density at radius 3 is 1.68 bits per heavy atom. The van der Waals surface area contributed by atoms with Crippen molar-refractivity contribution in [1.29, 1.82) is 0 Å². The Kier molecular flexibility index (Phi) is 35.2. The van der Waals surface area contributed by atoms with Crippen LogP contribution in [-0.2, 0) is 78.3 Å². The van der Waals surface area contributed by atoms with E-state index in [1.54, 1.807) is 27.7 Å². The Morgan fingerprint density at radius 2 is 1.13 bits per heavy atom.